The summed E-state index contributed by atoms with van der Waals surface area (Å²) in [5.74, 6) is -0.552. The molecule has 0 radical (unpaired) electrons. The van der Waals surface area contributed by atoms with Crippen LogP contribution in [0, 0.1) is 0 Å². The van der Waals surface area contributed by atoms with E-state index in [9.17, 15) is 21.6 Å². The monoisotopic (exact) mass is 527 g/mol. The minimum atomic E-state index is -4.11. The molecule has 0 bridgehead atoms. The van der Waals surface area contributed by atoms with Crippen LogP contribution in [0.5, 0.6) is 0 Å². The Hall–Kier alpha value is -2.58. The molecule has 2 N–H and O–H groups in total. The molecule has 1 saturated heterocycles. The first-order valence-electron chi connectivity index (χ1n) is 9.69. The average Bonchev–Trinajstić information content (AvgIpc) is 3.47. The molecule has 0 unspecified atom stereocenters. The van der Waals surface area contributed by atoms with E-state index in [2.05, 4.69) is 20.2 Å². The summed E-state index contributed by atoms with van der Waals surface area (Å²) >= 11 is 6.65. The fourth-order valence-electron chi connectivity index (χ4n) is 3.15. The van der Waals surface area contributed by atoms with Crippen molar-refractivity contribution in [2.75, 3.05) is 23.1 Å². The summed E-state index contributed by atoms with van der Waals surface area (Å²) in [5, 5.41) is 10.0. The molecule has 2 aromatic carbocycles. The van der Waals surface area contributed by atoms with E-state index in [0.717, 1.165) is 12.8 Å². The van der Waals surface area contributed by atoms with Crippen molar-refractivity contribution in [3.8, 4) is 0 Å². The number of hydrogen-bond acceptors (Lipinski definition) is 8. The molecule has 2 heterocycles. The molecule has 1 aliphatic heterocycles. The minimum absolute atomic E-state index is 0.0210. The van der Waals surface area contributed by atoms with Crippen LogP contribution in [-0.4, -0.2) is 50.3 Å². The van der Waals surface area contributed by atoms with Crippen LogP contribution in [0.2, 0.25) is 5.02 Å². The molecule has 174 valence electrons. The summed E-state index contributed by atoms with van der Waals surface area (Å²) in [5.41, 5.74) is 0.369. The molecule has 4 rings (SSSR count). The molecule has 0 aliphatic carbocycles. The minimum Gasteiger partial charge on any atom is -0.296 e. The maximum Gasteiger partial charge on any atom is 0.291 e. The van der Waals surface area contributed by atoms with Gasteiger partial charge in [-0.1, -0.05) is 35.1 Å². The Labute approximate surface area is 199 Å². The Morgan fingerprint density at radius 3 is 2.30 bits per heavy atom. The van der Waals surface area contributed by atoms with Crippen LogP contribution in [0.15, 0.2) is 57.8 Å². The fraction of sp³-hybridized carbons (Fsp3) is 0.211. The second-order valence-electron chi connectivity index (χ2n) is 7.05. The van der Waals surface area contributed by atoms with Crippen molar-refractivity contribution in [1.29, 1.82) is 0 Å². The topological polar surface area (TPSA) is 138 Å². The Morgan fingerprint density at radius 2 is 1.64 bits per heavy atom. The van der Waals surface area contributed by atoms with E-state index >= 15 is 0 Å². The lowest BCUT2D eigenvalue weighted by molar-refractivity contribution is 0.102. The quantitative estimate of drug-likeness (QED) is 0.450. The fourth-order valence-corrected chi connectivity index (χ4v) is 6.84. The van der Waals surface area contributed by atoms with Gasteiger partial charge in [-0.2, -0.15) is 12.7 Å². The van der Waals surface area contributed by atoms with Crippen molar-refractivity contribution in [3.63, 3.8) is 0 Å². The number of nitrogens with zero attached hydrogens (tertiary/aromatic N) is 3. The van der Waals surface area contributed by atoms with E-state index in [1.807, 2.05) is 0 Å². The second-order valence-corrected chi connectivity index (χ2v) is 12.2. The summed E-state index contributed by atoms with van der Waals surface area (Å²) in [6.07, 6.45) is 1.64. The third kappa shape index (κ3) is 5.17. The predicted octanol–water partition coefficient (Wildman–Crippen LogP) is 3.03. The van der Waals surface area contributed by atoms with Gasteiger partial charge in [0, 0.05) is 18.8 Å². The van der Waals surface area contributed by atoms with E-state index in [4.69, 9.17) is 11.6 Å². The number of carbonyl (C=O) groups excluding carboxylic acids is 1. The lowest BCUT2D eigenvalue weighted by Gasteiger charge is -2.15. The summed E-state index contributed by atoms with van der Waals surface area (Å²) < 4.78 is 53.9. The van der Waals surface area contributed by atoms with Crippen LogP contribution in [0.4, 0.5) is 10.8 Å². The van der Waals surface area contributed by atoms with Gasteiger partial charge in [0.15, 0.2) is 0 Å². The highest BCUT2D eigenvalue weighted by Gasteiger charge is 2.27. The molecule has 1 aromatic heterocycles. The van der Waals surface area contributed by atoms with Gasteiger partial charge in [0.05, 0.1) is 15.5 Å². The average molecular weight is 528 g/mol. The molecule has 1 fully saturated rings. The number of aromatic nitrogens is 2. The summed E-state index contributed by atoms with van der Waals surface area (Å²) in [6.45, 7) is 0.951. The normalized spacial score (nSPS) is 14.8. The second kappa shape index (κ2) is 9.35. The number of sulfonamides is 2. The van der Waals surface area contributed by atoms with Gasteiger partial charge in [0.25, 0.3) is 20.3 Å². The van der Waals surface area contributed by atoms with Crippen LogP contribution in [0.1, 0.15) is 23.2 Å². The maximum atomic E-state index is 12.7. The van der Waals surface area contributed by atoms with Gasteiger partial charge in [0.2, 0.25) is 15.2 Å². The van der Waals surface area contributed by atoms with E-state index < -0.39 is 26.0 Å². The van der Waals surface area contributed by atoms with Crippen LogP contribution in [0.25, 0.3) is 0 Å². The Bertz CT molecular complexity index is 1390. The summed E-state index contributed by atoms with van der Waals surface area (Å²) in [6, 6.07) is 11.8. The molecular weight excluding hydrogens is 510 g/mol. The zero-order valence-electron chi connectivity index (χ0n) is 16.9. The number of carbonyl (C=O) groups is 1. The maximum absolute atomic E-state index is 12.7. The van der Waals surface area contributed by atoms with Crippen molar-refractivity contribution in [2.24, 2.45) is 0 Å². The molecule has 0 atom stereocenters. The molecule has 14 heteroatoms. The Kier molecular flexibility index (Phi) is 6.68. The third-order valence-electron chi connectivity index (χ3n) is 4.78. The zero-order valence-corrected chi connectivity index (χ0v) is 20.1. The van der Waals surface area contributed by atoms with Crippen LogP contribution in [-0.2, 0) is 20.0 Å². The van der Waals surface area contributed by atoms with E-state index in [1.54, 1.807) is 18.2 Å². The Morgan fingerprint density at radius 1 is 0.970 bits per heavy atom. The first kappa shape index (κ1) is 23.6. The number of anilines is 2. The lowest BCUT2D eigenvalue weighted by atomic mass is 10.2. The van der Waals surface area contributed by atoms with Gasteiger partial charge in [-0.3, -0.25) is 14.8 Å². The third-order valence-corrected chi connectivity index (χ3v) is 9.61. The van der Waals surface area contributed by atoms with Gasteiger partial charge in [-0.25, -0.2) is 8.42 Å². The van der Waals surface area contributed by atoms with E-state index in [0.29, 0.717) is 24.4 Å². The number of rotatable bonds is 7. The van der Waals surface area contributed by atoms with Gasteiger partial charge < -0.3 is 0 Å². The predicted molar refractivity (Wildman–Crippen MR) is 125 cm³/mol. The van der Waals surface area contributed by atoms with E-state index in [1.165, 1.54) is 34.6 Å². The molecule has 33 heavy (non-hydrogen) atoms. The highest BCUT2D eigenvalue weighted by Crippen LogP contribution is 2.26. The number of halogens is 1. The van der Waals surface area contributed by atoms with Crippen molar-refractivity contribution in [1.82, 2.24) is 14.5 Å². The molecule has 3 aromatic rings. The largest absolute Gasteiger partial charge is 0.296 e. The SMILES string of the molecule is O=C(Nc1nnc(S(=O)(=O)Nc2ccc(S(=O)(=O)N3CCCC3)cc2)s1)c1ccccc1Cl. The summed E-state index contributed by atoms with van der Waals surface area (Å²) in [7, 11) is -7.71. The Balaban J connectivity index is 1.45. The van der Waals surface area contributed by atoms with E-state index in [-0.39, 0.29) is 30.6 Å². The lowest BCUT2D eigenvalue weighted by Crippen LogP contribution is -2.27. The molecular formula is C19H18ClN5O5S3. The molecule has 0 spiro atoms. The number of benzene rings is 2. The highest BCUT2D eigenvalue weighted by molar-refractivity contribution is 7.94. The van der Waals surface area contributed by atoms with Crippen molar-refractivity contribution < 1.29 is 21.6 Å². The van der Waals surface area contributed by atoms with Crippen molar-refractivity contribution in [3.05, 3.63) is 59.1 Å². The van der Waals surface area contributed by atoms with Crippen LogP contribution >= 0.6 is 22.9 Å². The van der Waals surface area contributed by atoms with Gasteiger partial charge in [0.1, 0.15) is 0 Å². The number of amides is 1. The summed E-state index contributed by atoms with van der Waals surface area (Å²) in [4.78, 5) is 12.4. The van der Waals surface area contributed by atoms with Crippen LogP contribution < -0.4 is 10.0 Å². The number of hydrogen-bond donors (Lipinski definition) is 2. The van der Waals surface area contributed by atoms with Crippen molar-refractivity contribution in [2.45, 2.75) is 22.1 Å². The number of nitrogens with one attached hydrogen (secondary N) is 2. The highest BCUT2D eigenvalue weighted by atomic mass is 35.5. The van der Waals surface area contributed by atoms with Gasteiger partial charge in [-0.05, 0) is 49.2 Å². The molecule has 1 amide bonds. The first-order chi connectivity index (χ1) is 15.7. The van der Waals surface area contributed by atoms with Gasteiger partial charge >= 0.3 is 0 Å². The zero-order chi connectivity index (χ0) is 23.6. The molecule has 10 nitrogen and oxygen atoms in total. The standard InChI is InChI=1S/C19H18ClN5O5S3/c20-16-6-2-1-5-15(16)17(26)21-18-22-23-19(31-18)32(27,28)24-13-7-9-14(10-8-13)33(29,30)25-11-3-4-12-25/h1-2,5-10,24H,3-4,11-12H2,(H,21,22,26). The smallest absolute Gasteiger partial charge is 0.291 e. The van der Waals surface area contributed by atoms with Crippen molar-refractivity contribution >= 4 is 59.7 Å². The van der Waals surface area contributed by atoms with Gasteiger partial charge in [-0.15, -0.1) is 10.2 Å². The van der Waals surface area contributed by atoms with Crippen LogP contribution in [0.3, 0.4) is 0 Å². The molecule has 1 aliphatic rings. The molecule has 0 saturated carbocycles. The first-order valence-corrected chi connectivity index (χ1v) is 13.8.